The van der Waals surface area contributed by atoms with E-state index < -0.39 is 6.10 Å². The van der Waals surface area contributed by atoms with Gasteiger partial charge >= 0.3 is 0 Å². The molecule has 2 aromatic rings. The molecule has 0 aromatic heterocycles. The lowest BCUT2D eigenvalue weighted by Crippen LogP contribution is -2.39. The van der Waals surface area contributed by atoms with Gasteiger partial charge < -0.3 is 19.5 Å². The topological polar surface area (TPSA) is 56.8 Å². The van der Waals surface area contributed by atoms with Crippen molar-refractivity contribution in [1.29, 1.82) is 0 Å². The fourth-order valence-corrected chi connectivity index (χ4v) is 2.23. The van der Waals surface area contributed by atoms with Gasteiger partial charge in [0.1, 0.15) is 23.9 Å². The number of methoxy groups -OCH3 is 1. The molecule has 1 amide bonds. The van der Waals surface area contributed by atoms with E-state index in [4.69, 9.17) is 14.2 Å². The van der Waals surface area contributed by atoms with E-state index >= 15 is 0 Å². The molecule has 0 saturated heterocycles. The van der Waals surface area contributed by atoms with Crippen molar-refractivity contribution in [3.05, 3.63) is 54.1 Å². The number of aryl methyl sites for hydroxylation is 1. The summed E-state index contributed by atoms with van der Waals surface area (Å²) in [5.41, 5.74) is 1.18. The summed E-state index contributed by atoms with van der Waals surface area (Å²) in [4.78, 5) is 12.2. The molecule has 0 aliphatic carbocycles. The summed E-state index contributed by atoms with van der Waals surface area (Å²) in [6, 6.07) is 15.0. The van der Waals surface area contributed by atoms with Crippen molar-refractivity contribution in [2.24, 2.45) is 0 Å². The Morgan fingerprint density at radius 3 is 2.20 bits per heavy atom. The maximum atomic E-state index is 12.2. The van der Waals surface area contributed by atoms with Crippen molar-refractivity contribution in [3.63, 3.8) is 0 Å². The number of hydrogen-bond acceptors (Lipinski definition) is 4. The lowest BCUT2D eigenvalue weighted by Gasteiger charge is -2.17. The second-order valence-electron chi connectivity index (χ2n) is 5.64. The Labute approximate surface area is 148 Å². The molecule has 0 aliphatic rings. The van der Waals surface area contributed by atoms with Gasteiger partial charge in [-0.25, -0.2) is 0 Å². The molecule has 0 heterocycles. The van der Waals surface area contributed by atoms with Crippen molar-refractivity contribution >= 4 is 5.91 Å². The average molecular weight is 343 g/mol. The molecule has 2 aromatic carbocycles. The standard InChI is InChI=1S/C20H25NO4/c1-4-19(25-18-11-9-16(23-3)10-12-18)20(22)21-13-14-24-17-7-5-15(2)6-8-17/h5-12,19H,4,13-14H2,1-3H3,(H,21,22)/t19-/m1/s1. The first-order valence-corrected chi connectivity index (χ1v) is 8.40. The highest BCUT2D eigenvalue weighted by molar-refractivity contribution is 5.81. The first kappa shape index (κ1) is 18.6. The highest BCUT2D eigenvalue weighted by Gasteiger charge is 2.17. The number of carbonyl (C=O) groups is 1. The monoisotopic (exact) mass is 343 g/mol. The van der Waals surface area contributed by atoms with Crippen LogP contribution in [0.2, 0.25) is 0 Å². The van der Waals surface area contributed by atoms with Gasteiger partial charge in [0.25, 0.3) is 5.91 Å². The van der Waals surface area contributed by atoms with E-state index in [2.05, 4.69) is 5.32 Å². The van der Waals surface area contributed by atoms with Gasteiger partial charge in [0.05, 0.1) is 13.7 Å². The van der Waals surface area contributed by atoms with Gasteiger partial charge in [-0.15, -0.1) is 0 Å². The predicted molar refractivity (Wildman–Crippen MR) is 97.4 cm³/mol. The number of nitrogens with one attached hydrogen (secondary N) is 1. The van der Waals surface area contributed by atoms with Gasteiger partial charge in [-0.3, -0.25) is 4.79 Å². The van der Waals surface area contributed by atoms with Crippen molar-refractivity contribution < 1.29 is 19.0 Å². The molecule has 0 unspecified atom stereocenters. The number of amides is 1. The zero-order valence-corrected chi connectivity index (χ0v) is 15.0. The molecule has 0 saturated carbocycles. The molecule has 0 aliphatic heterocycles. The molecule has 25 heavy (non-hydrogen) atoms. The van der Waals surface area contributed by atoms with Gasteiger partial charge in [0.15, 0.2) is 6.10 Å². The quantitative estimate of drug-likeness (QED) is 0.710. The first-order valence-electron chi connectivity index (χ1n) is 8.40. The minimum Gasteiger partial charge on any atom is -0.497 e. The van der Waals surface area contributed by atoms with Crippen molar-refractivity contribution in [2.75, 3.05) is 20.3 Å². The number of ether oxygens (including phenoxy) is 3. The van der Waals surface area contributed by atoms with Crippen LogP contribution in [0.5, 0.6) is 17.2 Å². The molecular weight excluding hydrogens is 318 g/mol. The van der Waals surface area contributed by atoms with Gasteiger partial charge in [-0.1, -0.05) is 24.6 Å². The number of benzene rings is 2. The van der Waals surface area contributed by atoms with E-state index in [9.17, 15) is 4.79 Å². The molecule has 1 atom stereocenters. The van der Waals surface area contributed by atoms with E-state index in [1.54, 1.807) is 31.4 Å². The summed E-state index contributed by atoms with van der Waals surface area (Å²) in [6.45, 7) is 4.78. The van der Waals surface area contributed by atoms with Crippen LogP contribution in [-0.2, 0) is 4.79 Å². The average Bonchev–Trinajstić information content (AvgIpc) is 2.65. The molecule has 2 rings (SSSR count). The number of rotatable bonds is 9. The van der Waals surface area contributed by atoms with Crippen LogP contribution < -0.4 is 19.5 Å². The third-order valence-electron chi connectivity index (χ3n) is 3.69. The number of carbonyl (C=O) groups excluding carboxylic acids is 1. The summed E-state index contributed by atoms with van der Waals surface area (Å²) in [7, 11) is 1.61. The van der Waals surface area contributed by atoms with E-state index in [1.807, 2.05) is 38.1 Å². The third kappa shape index (κ3) is 6.03. The summed E-state index contributed by atoms with van der Waals surface area (Å²) in [6.07, 6.45) is 0.0456. The van der Waals surface area contributed by atoms with Crippen LogP contribution in [0, 0.1) is 6.92 Å². The fraction of sp³-hybridized carbons (Fsp3) is 0.350. The van der Waals surface area contributed by atoms with Crippen LogP contribution in [0.4, 0.5) is 0 Å². The normalized spacial score (nSPS) is 11.5. The summed E-state index contributed by atoms with van der Waals surface area (Å²) < 4.78 is 16.5. The molecule has 0 radical (unpaired) electrons. The van der Waals surface area contributed by atoms with Crippen molar-refractivity contribution in [1.82, 2.24) is 5.32 Å². The molecular formula is C20H25NO4. The van der Waals surface area contributed by atoms with Crippen LogP contribution in [0.25, 0.3) is 0 Å². The largest absolute Gasteiger partial charge is 0.497 e. The second-order valence-corrected chi connectivity index (χ2v) is 5.64. The Balaban J connectivity index is 1.75. The zero-order chi connectivity index (χ0) is 18.1. The molecule has 5 heteroatoms. The summed E-state index contributed by atoms with van der Waals surface area (Å²) in [5, 5.41) is 2.84. The molecule has 1 N–H and O–H groups in total. The van der Waals surface area contributed by atoms with E-state index in [0.29, 0.717) is 25.3 Å². The lowest BCUT2D eigenvalue weighted by molar-refractivity contribution is -0.128. The minimum absolute atomic E-state index is 0.147. The minimum atomic E-state index is -0.534. The van der Waals surface area contributed by atoms with Crippen LogP contribution in [-0.4, -0.2) is 32.3 Å². The van der Waals surface area contributed by atoms with Gasteiger partial charge in [0, 0.05) is 0 Å². The van der Waals surface area contributed by atoms with Gasteiger partial charge in [0.2, 0.25) is 0 Å². The Hall–Kier alpha value is -2.69. The highest BCUT2D eigenvalue weighted by atomic mass is 16.5. The third-order valence-corrected chi connectivity index (χ3v) is 3.69. The van der Waals surface area contributed by atoms with Crippen LogP contribution in [0.15, 0.2) is 48.5 Å². The predicted octanol–water partition coefficient (Wildman–Crippen LogP) is 3.36. The molecule has 0 fully saturated rings. The van der Waals surface area contributed by atoms with E-state index in [1.165, 1.54) is 5.56 Å². The summed E-state index contributed by atoms with van der Waals surface area (Å²) >= 11 is 0. The zero-order valence-electron chi connectivity index (χ0n) is 15.0. The van der Waals surface area contributed by atoms with Crippen molar-refractivity contribution in [2.45, 2.75) is 26.4 Å². The van der Waals surface area contributed by atoms with Gasteiger partial charge in [-0.05, 0) is 49.7 Å². The molecule has 0 bridgehead atoms. The number of hydrogen-bond donors (Lipinski definition) is 1. The SMILES string of the molecule is CC[C@@H](Oc1ccc(OC)cc1)C(=O)NCCOc1ccc(C)cc1. The summed E-state index contributed by atoms with van der Waals surface area (Å²) in [5.74, 6) is 2.03. The smallest absolute Gasteiger partial charge is 0.261 e. The Bertz CT molecular complexity index is 652. The second kappa shape index (κ2) is 9.57. The fourth-order valence-electron chi connectivity index (χ4n) is 2.23. The Kier molecular flexibility index (Phi) is 7.14. The molecule has 134 valence electrons. The van der Waals surface area contributed by atoms with Crippen molar-refractivity contribution in [3.8, 4) is 17.2 Å². The van der Waals surface area contributed by atoms with Gasteiger partial charge in [-0.2, -0.15) is 0 Å². The first-order chi connectivity index (χ1) is 12.1. The Morgan fingerprint density at radius 2 is 1.60 bits per heavy atom. The van der Waals surface area contributed by atoms with E-state index in [-0.39, 0.29) is 5.91 Å². The van der Waals surface area contributed by atoms with Crippen LogP contribution in [0.1, 0.15) is 18.9 Å². The van der Waals surface area contributed by atoms with Crippen LogP contribution >= 0.6 is 0 Å². The highest BCUT2D eigenvalue weighted by Crippen LogP contribution is 2.19. The Morgan fingerprint density at radius 1 is 1.00 bits per heavy atom. The lowest BCUT2D eigenvalue weighted by atomic mass is 10.2. The molecule has 5 nitrogen and oxygen atoms in total. The molecule has 0 spiro atoms. The van der Waals surface area contributed by atoms with Crippen LogP contribution in [0.3, 0.4) is 0 Å². The maximum absolute atomic E-state index is 12.2. The maximum Gasteiger partial charge on any atom is 0.261 e. The van der Waals surface area contributed by atoms with E-state index in [0.717, 1.165) is 11.5 Å².